The predicted molar refractivity (Wildman–Crippen MR) is 147 cm³/mol. The summed E-state index contributed by atoms with van der Waals surface area (Å²) in [4.78, 5) is 10.1. The van der Waals surface area contributed by atoms with Crippen LogP contribution in [0.4, 0.5) is 5.69 Å². The van der Waals surface area contributed by atoms with Gasteiger partial charge in [-0.2, -0.15) is 0 Å². The molecule has 5 rings (SSSR count). The van der Waals surface area contributed by atoms with Crippen molar-refractivity contribution in [1.29, 1.82) is 0 Å². The minimum absolute atomic E-state index is 0.695. The van der Waals surface area contributed by atoms with Gasteiger partial charge in [-0.3, -0.25) is 0 Å². The smallest absolute Gasteiger partial charge is 0.0968 e. The van der Waals surface area contributed by atoms with E-state index >= 15 is 0 Å². The molecule has 1 N–H and O–H groups in total. The number of halogens is 2. The Morgan fingerprint density at radius 1 is 0.912 bits per heavy atom. The van der Waals surface area contributed by atoms with Gasteiger partial charge in [-0.25, -0.2) is 4.98 Å². The highest BCUT2D eigenvalue weighted by Gasteiger charge is 2.17. The van der Waals surface area contributed by atoms with Crippen molar-refractivity contribution >= 4 is 61.7 Å². The van der Waals surface area contributed by atoms with Gasteiger partial charge in [0.1, 0.15) is 0 Å². The molecule has 1 aliphatic heterocycles. The van der Waals surface area contributed by atoms with Crippen molar-refractivity contribution in [3.05, 3.63) is 46.4 Å². The first-order valence-corrected chi connectivity index (χ1v) is 13.2. The summed E-state index contributed by atoms with van der Waals surface area (Å²) in [5.74, 6) is 0. The minimum atomic E-state index is 0.695. The van der Waals surface area contributed by atoms with Crippen LogP contribution in [0.5, 0.6) is 0 Å². The summed E-state index contributed by atoms with van der Waals surface area (Å²) in [5, 5.41) is 7.26. The number of hydrogen-bond donors (Lipinski definition) is 1. The molecule has 2 aromatic carbocycles. The molecule has 34 heavy (non-hydrogen) atoms. The van der Waals surface area contributed by atoms with E-state index in [0.717, 1.165) is 77.3 Å². The minimum Gasteiger partial charge on any atom is -0.383 e. The number of fused-ring (bicyclic) bond motifs is 4. The highest BCUT2D eigenvalue weighted by Crippen LogP contribution is 2.35. The Morgan fingerprint density at radius 3 is 2.47 bits per heavy atom. The van der Waals surface area contributed by atoms with Crippen LogP contribution in [-0.2, 0) is 6.54 Å². The van der Waals surface area contributed by atoms with Crippen LogP contribution in [0.25, 0.3) is 32.8 Å². The van der Waals surface area contributed by atoms with Crippen LogP contribution in [0.2, 0.25) is 10.0 Å². The molecule has 0 saturated carbocycles. The van der Waals surface area contributed by atoms with Crippen LogP contribution in [0.15, 0.2) is 36.4 Å². The molecule has 0 aliphatic carbocycles. The van der Waals surface area contributed by atoms with Crippen molar-refractivity contribution in [2.24, 2.45) is 0 Å². The van der Waals surface area contributed by atoms with Gasteiger partial charge in [-0.1, -0.05) is 37.0 Å². The van der Waals surface area contributed by atoms with Gasteiger partial charge >= 0.3 is 0 Å². The van der Waals surface area contributed by atoms with E-state index in [0.29, 0.717) is 5.02 Å². The molecular weight excluding hydrogens is 465 g/mol. The summed E-state index contributed by atoms with van der Waals surface area (Å²) >= 11 is 12.9. The SMILES string of the molecule is CCN(CC)CCNc1cc(Cl)cc2nc3c4cc(Cl)ccc4n(CCN4CCCC4)c3cc12. The lowest BCUT2D eigenvalue weighted by atomic mass is 10.1. The third kappa shape index (κ3) is 4.72. The van der Waals surface area contributed by atoms with Gasteiger partial charge < -0.3 is 19.7 Å². The van der Waals surface area contributed by atoms with Crippen LogP contribution in [0.3, 0.4) is 0 Å². The number of nitrogens with zero attached hydrogens (tertiary/aromatic N) is 4. The summed E-state index contributed by atoms with van der Waals surface area (Å²) in [6.45, 7) is 12.7. The quantitative estimate of drug-likeness (QED) is 0.286. The normalized spacial score (nSPS) is 14.9. The third-order valence-electron chi connectivity index (χ3n) is 7.15. The van der Waals surface area contributed by atoms with Crippen LogP contribution < -0.4 is 5.32 Å². The molecule has 0 radical (unpaired) electrons. The molecule has 2 aromatic heterocycles. The molecular formula is C27H33Cl2N5. The number of pyridine rings is 1. The van der Waals surface area contributed by atoms with Gasteiger partial charge in [-0.05, 0) is 75.4 Å². The number of anilines is 1. The van der Waals surface area contributed by atoms with E-state index < -0.39 is 0 Å². The van der Waals surface area contributed by atoms with Gasteiger partial charge in [0.25, 0.3) is 0 Å². The molecule has 0 atom stereocenters. The number of benzene rings is 2. The molecule has 7 heteroatoms. The van der Waals surface area contributed by atoms with Gasteiger partial charge in [0.2, 0.25) is 0 Å². The molecule has 0 spiro atoms. The van der Waals surface area contributed by atoms with E-state index in [1.165, 1.54) is 31.4 Å². The number of aromatic nitrogens is 2. The van der Waals surface area contributed by atoms with Crippen molar-refractivity contribution in [1.82, 2.24) is 19.4 Å². The van der Waals surface area contributed by atoms with E-state index in [1.807, 2.05) is 24.3 Å². The fraction of sp³-hybridized carbons (Fsp3) is 0.444. The molecule has 3 heterocycles. The first kappa shape index (κ1) is 23.7. The number of rotatable bonds is 9. The average molecular weight is 499 g/mol. The van der Waals surface area contributed by atoms with E-state index in [1.54, 1.807) is 0 Å². The number of likely N-dealkylation sites (N-methyl/N-ethyl adjacent to an activating group) is 1. The Balaban J connectivity index is 1.59. The van der Waals surface area contributed by atoms with Crippen molar-refractivity contribution < 1.29 is 0 Å². The highest BCUT2D eigenvalue weighted by molar-refractivity contribution is 6.32. The maximum absolute atomic E-state index is 6.52. The zero-order valence-corrected chi connectivity index (χ0v) is 21.6. The largest absolute Gasteiger partial charge is 0.383 e. The molecule has 4 aromatic rings. The van der Waals surface area contributed by atoms with E-state index in [-0.39, 0.29) is 0 Å². The topological polar surface area (TPSA) is 36.3 Å². The molecule has 5 nitrogen and oxygen atoms in total. The van der Waals surface area contributed by atoms with E-state index in [9.17, 15) is 0 Å². The second-order valence-corrected chi connectivity index (χ2v) is 10.1. The Hall–Kier alpha value is -2.05. The van der Waals surface area contributed by atoms with Crippen LogP contribution in [0.1, 0.15) is 26.7 Å². The van der Waals surface area contributed by atoms with Crippen LogP contribution >= 0.6 is 23.2 Å². The number of likely N-dealkylation sites (tertiary alicyclic amines) is 1. The monoisotopic (exact) mass is 497 g/mol. The summed E-state index contributed by atoms with van der Waals surface area (Å²) in [7, 11) is 0. The van der Waals surface area contributed by atoms with Crippen molar-refractivity contribution in [3.63, 3.8) is 0 Å². The van der Waals surface area contributed by atoms with Gasteiger partial charge in [0.05, 0.1) is 22.1 Å². The molecule has 1 aliphatic rings. The Labute approximate surface area is 211 Å². The second-order valence-electron chi connectivity index (χ2n) is 9.19. The van der Waals surface area contributed by atoms with E-state index in [2.05, 4.69) is 45.7 Å². The van der Waals surface area contributed by atoms with Crippen molar-refractivity contribution in [2.75, 3.05) is 51.1 Å². The summed E-state index contributed by atoms with van der Waals surface area (Å²) in [6, 6.07) is 12.4. The second kappa shape index (κ2) is 10.3. The van der Waals surface area contributed by atoms with Crippen molar-refractivity contribution in [2.45, 2.75) is 33.2 Å². The molecule has 1 saturated heterocycles. The predicted octanol–water partition coefficient (Wildman–Crippen LogP) is 6.50. The molecule has 1 fully saturated rings. The zero-order chi connectivity index (χ0) is 23.7. The van der Waals surface area contributed by atoms with Gasteiger partial charge in [-0.15, -0.1) is 0 Å². The molecule has 0 bridgehead atoms. The summed E-state index contributed by atoms with van der Waals surface area (Å²) < 4.78 is 2.42. The zero-order valence-electron chi connectivity index (χ0n) is 20.1. The van der Waals surface area contributed by atoms with Crippen molar-refractivity contribution in [3.8, 4) is 0 Å². The first-order chi connectivity index (χ1) is 16.6. The van der Waals surface area contributed by atoms with Gasteiger partial charge in [0.15, 0.2) is 0 Å². The number of hydrogen-bond acceptors (Lipinski definition) is 4. The molecule has 0 amide bonds. The first-order valence-electron chi connectivity index (χ1n) is 12.5. The maximum atomic E-state index is 6.52. The summed E-state index contributed by atoms with van der Waals surface area (Å²) in [6.07, 6.45) is 2.61. The molecule has 0 unspecified atom stereocenters. The van der Waals surface area contributed by atoms with Gasteiger partial charge in [0, 0.05) is 52.7 Å². The standard InChI is InChI=1S/C27H33Cl2N5/c1-3-32(4-2)12-9-30-23-16-20(29)17-24-21(23)18-26-27(31-24)22-15-19(28)7-8-25(22)34(26)14-13-33-10-5-6-11-33/h7-8,15-18,30H,3-6,9-14H2,1-2H3. The van der Waals surface area contributed by atoms with Crippen LogP contribution in [0, 0.1) is 0 Å². The third-order valence-corrected chi connectivity index (χ3v) is 7.60. The van der Waals surface area contributed by atoms with E-state index in [4.69, 9.17) is 28.2 Å². The van der Waals surface area contributed by atoms with Crippen LogP contribution in [-0.4, -0.2) is 65.2 Å². The lowest BCUT2D eigenvalue weighted by Crippen LogP contribution is -2.28. The Bertz CT molecular complexity index is 1310. The lowest BCUT2D eigenvalue weighted by Gasteiger charge is -2.19. The fourth-order valence-corrected chi connectivity index (χ4v) is 5.61. The molecule has 180 valence electrons. The Kier molecular flexibility index (Phi) is 7.16. The Morgan fingerprint density at radius 2 is 1.71 bits per heavy atom. The lowest BCUT2D eigenvalue weighted by molar-refractivity contribution is 0.316. The average Bonchev–Trinajstić information content (AvgIpc) is 3.45. The number of nitrogens with one attached hydrogen (secondary N) is 1. The highest BCUT2D eigenvalue weighted by atomic mass is 35.5. The maximum Gasteiger partial charge on any atom is 0.0968 e. The fourth-order valence-electron chi connectivity index (χ4n) is 5.22. The summed E-state index contributed by atoms with van der Waals surface area (Å²) in [5.41, 5.74) is 5.27.